The van der Waals surface area contributed by atoms with Crippen LogP contribution in [0.25, 0.3) is 0 Å². The maximum Gasteiger partial charge on any atom is 0.242 e. The quantitative estimate of drug-likeness (QED) is 0.819. The number of rotatable bonds is 4. The first kappa shape index (κ1) is 14.0. The fourth-order valence-corrected chi connectivity index (χ4v) is 2.05. The summed E-state index contributed by atoms with van der Waals surface area (Å²) in [6.07, 6.45) is 0.918. The average Bonchev–Trinajstić information content (AvgIpc) is 2.29. The summed E-state index contributed by atoms with van der Waals surface area (Å²) < 4.78 is 0. The molecule has 3 heteroatoms. The van der Waals surface area contributed by atoms with Crippen LogP contribution in [0.4, 0.5) is 0 Å². The predicted octanol–water partition coefficient (Wildman–Crippen LogP) is 3.42. The molecule has 1 amide bonds. The maximum absolute atomic E-state index is 11.8. The zero-order valence-corrected chi connectivity index (χ0v) is 11.7. The summed E-state index contributed by atoms with van der Waals surface area (Å²) in [5.41, 5.74) is 4.37. The van der Waals surface area contributed by atoms with Gasteiger partial charge in [-0.05, 0) is 49.4 Å². The highest BCUT2D eigenvalue weighted by Gasteiger charge is 2.19. The van der Waals surface area contributed by atoms with E-state index in [1.165, 1.54) is 11.1 Å². The third kappa shape index (κ3) is 3.47. The number of hydrogen-bond acceptors (Lipinski definition) is 1. The molecule has 1 rings (SSSR count). The summed E-state index contributed by atoms with van der Waals surface area (Å²) in [6.45, 7) is 8.78. The molecule has 0 aromatic heterocycles. The number of carbonyl (C=O) groups excluding carboxylic acids is 1. The van der Waals surface area contributed by atoms with E-state index in [0.29, 0.717) is 6.54 Å². The summed E-state index contributed by atoms with van der Waals surface area (Å²) in [7, 11) is 0. The smallest absolute Gasteiger partial charge is 0.242 e. The highest BCUT2D eigenvalue weighted by molar-refractivity contribution is 6.30. The summed E-state index contributed by atoms with van der Waals surface area (Å²) in [4.78, 5) is 11.8. The van der Waals surface area contributed by atoms with Crippen LogP contribution in [0.15, 0.2) is 12.1 Å². The van der Waals surface area contributed by atoms with Gasteiger partial charge in [0.25, 0.3) is 0 Å². The molecule has 0 spiro atoms. The van der Waals surface area contributed by atoms with Gasteiger partial charge in [0.05, 0.1) is 0 Å². The molecule has 0 radical (unpaired) electrons. The molecule has 0 aliphatic heterocycles. The van der Waals surface area contributed by atoms with E-state index in [2.05, 4.69) is 18.3 Å². The molecule has 1 unspecified atom stereocenters. The third-order valence-corrected chi connectivity index (χ3v) is 3.37. The fraction of sp³-hybridized carbons (Fsp3) is 0.500. The lowest BCUT2D eigenvalue weighted by Gasteiger charge is -2.15. The van der Waals surface area contributed by atoms with Gasteiger partial charge in [0.15, 0.2) is 0 Å². The number of amides is 1. The van der Waals surface area contributed by atoms with Crippen LogP contribution < -0.4 is 5.32 Å². The second-order valence-electron chi connectivity index (χ2n) is 4.45. The largest absolute Gasteiger partial charge is 0.355 e. The molecular weight excluding hydrogens is 234 g/mol. The molecule has 1 atom stereocenters. The normalized spacial score (nSPS) is 12.3. The molecule has 0 heterocycles. The Morgan fingerprint density at radius 3 is 2.41 bits per heavy atom. The molecule has 17 heavy (non-hydrogen) atoms. The standard InChI is InChI=1S/C14H20ClNO/c1-5-6-16-14(17)13(15)12-8-10(3)9(2)7-11(12)4/h7-8,13H,5-6H2,1-4H3,(H,16,17). The maximum atomic E-state index is 11.8. The Hall–Kier alpha value is -1.02. The number of alkyl halides is 1. The Morgan fingerprint density at radius 2 is 1.82 bits per heavy atom. The summed E-state index contributed by atoms with van der Waals surface area (Å²) >= 11 is 6.21. The minimum atomic E-state index is -0.596. The van der Waals surface area contributed by atoms with Crippen molar-refractivity contribution < 1.29 is 4.79 Å². The number of nitrogens with one attached hydrogen (secondary N) is 1. The van der Waals surface area contributed by atoms with Gasteiger partial charge in [-0.2, -0.15) is 0 Å². The van der Waals surface area contributed by atoms with Crippen LogP contribution in [0.1, 0.15) is 41.0 Å². The Bertz CT molecular complexity index is 415. The van der Waals surface area contributed by atoms with Crippen LogP contribution in [-0.4, -0.2) is 12.5 Å². The third-order valence-electron chi connectivity index (χ3n) is 2.93. The van der Waals surface area contributed by atoms with Crippen LogP contribution in [0, 0.1) is 20.8 Å². The molecule has 94 valence electrons. The highest BCUT2D eigenvalue weighted by Crippen LogP contribution is 2.26. The zero-order chi connectivity index (χ0) is 13.0. The van der Waals surface area contributed by atoms with Crippen molar-refractivity contribution in [2.45, 2.75) is 39.5 Å². The van der Waals surface area contributed by atoms with Gasteiger partial charge in [0.1, 0.15) is 5.38 Å². The zero-order valence-electron chi connectivity index (χ0n) is 10.9. The van der Waals surface area contributed by atoms with Crippen LogP contribution >= 0.6 is 11.6 Å². The SMILES string of the molecule is CCCNC(=O)C(Cl)c1cc(C)c(C)cc1C. The van der Waals surface area contributed by atoms with E-state index in [4.69, 9.17) is 11.6 Å². The van der Waals surface area contributed by atoms with E-state index >= 15 is 0 Å². The van der Waals surface area contributed by atoms with Gasteiger partial charge in [-0.25, -0.2) is 0 Å². The van der Waals surface area contributed by atoms with Crippen LogP contribution in [-0.2, 0) is 4.79 Å². The number of aryl methyl sites for hydroxylation is 3. The topological polar surface area (TPSA) is 29.1 Å². The molecule has 1 N–H and O–H groups in total. The van der Waals surface area contributed by atoms with Crippen molar-refractivity contribution in [1.29, 1.82) is 0 Å². The van der Waals surface area contributed by atoms with E-state index in [9.17, 15) is 4.79 Å². The minimum Gasteiger partial charge on any atom is -0.355 e. The van der Waals surface area contributed by atoms with Gasteiger partial charge in [0.2, 0.25) is 5.91 Å². The summed E-state index contributed by atoms with van der Waals surface area (Å²) in [5.74, 6) is -0.111. The number of carbonyl (C=O) groups is 1. The molecule has 1 aromatic carbocycles. The Kier molecular flexibility index (Phi) is 5.01. The van der Waals surface area contributed by atoms with Gasteiger partial charge >= 0.3 is 0 Å². The van der Waals surface area contributed by atoms with Gasteiger partial charge in [-0.15, -0.1) is 11.6 Å². The van der Waals surface area contributed by atoms with Crippen LogP contribution in [0.5, 0.6) is 0 Å². The summed E-state index contributed by atoms with van der Waals surface area (Å²) in [6, 6.07) is 4.08. The monoisotopic (exact) mass is 253 g/mol. The average molecular weight is 254 g/mol. The van der Waals surface area contributed by atoms with Crippen molar-refractivity contribution in [2.75, 3.05) is 6.54 Å². The summed E-state index contributed by atoms with van der Waals surface area (Å²) in [5, 5.41) is 2.22. The number of hydrogen-bond donors (Lipinski definition) is 1. The number of benzene rings is 1. The number of halogens is 1. The van der Waals surface area contributed by atoms with E-state index in [0.717, 1.165) is 17.5 Å². The molecule has 0 saturated heterocycles. The minimum absolute atomic E-state index is 0.111. The van der Waals surface area contributed by atoms with Crippen molar-refractivity contribution in [3.8, 4) is 0 Å². The Morgan fingerprint density at radius 1 is 1.24 bits per heavy atom. The lowest BCUT2D eigenvalue weighted by molar-refractivity contribution is -0.120. The van der Waals surface area contributed by atoms with Crippen molar-refractivity contribution >= 4 is 17.5 Å². The molecule has 0 aliphatic rings. The lowest BCUT2D eigenvalue weighted by Crippen LogP contribution is -2.27. The van der Waals surface area contributed by atoms with E-state index in [1.807, 2.05) is 26.8 Å². The lowest BCUT2D eigenvalue weighted by atomic mass is 9.98. The van der Waals surface area contributed by atoms with Gasteiger partial charge in [-0.1, -0.05) is 19.1 Å². The van der Waals surface area contributed by atoms with Gasteiger partial charge in [-0.3, -0.25) is 4.79 Å². The molecule has 0 saturated carbocycles. The second-order valence-corrected chi connectivity index (χ2v) is 4.88. The molecule has 0 aliphatic carbocycles. The van der Waals surface area contributed by atoms with Crippen molar-refractivity contribution in [3.05, 3.63) is 34.4 Å². The molecular formula is C14H20ClNO. The first-order valence-corrected chi connectivity index (χ1v) is 6.40. The van der Waals surface area contributed by atoms with E-state index < -0.39 is 5.38 Å². The second kappa shape index (κ2) is 6.06. The molecule has 1 aromatic rings. The van der Waals surface area contributed by atoms with E-state index in [1.54, 1.807) is 0 Å². The van der Waals surface area contributed by atoms with Crippen molar-refractivity contribution in [2.24, 2.45) is 0 Å². The Balaban J connectivity index is 2.92. The predicted molar refractivity (Wildman–Crippen MR) is 72.5 cm³/mol. The fourth-order valence-electron chi connectivity index (χ4n) is 1.73. The van der Waals surface area contributed by atoms with Gasteiger partial charge < -0.3 is 5.32 Å². The van der Waals surface area contributed by atoms with E-state index in [-0.39, 0.29) is 5.91 Å². The Labute approximate surface area is 108 Å². The molecule has 2 nitrogen and oxygen atoms in total. The first-order valence-electron chi connectivity index (χ1n) is 5.97. The van der Waals surface area contributed by atoms with Crippen LogP contribution in [0.3, 0.4) is 0 Å². The molecule has 0 bridgehead atoms. The molecule has 0 fully saturated rings. The highest BCUT2D eigenvalue weighted by atomic mass is 35.5. The van der Waals surface area contributed by atoms with Crippen LogP contribution in [0.2, 0.25) is 0 Å². The first-order chi connectivity index (χ1) is 7.97. The van der Waals surface area contributed by atoms with Crippen molar-refractivity contribution in [1.82, 2.24) is 5.32 Å². The van der Waals surface area contributed by atoms with Gasteiger partial charge in [0, 0.05) is 6.54 Å². The van der Waals surface area contributed by atoms with Crippen molar-refractivity contribution in [3.63, 3.8) is 0 Å².